The van der Waals surface area contributed by atoms with E-state index in [-0.39, 0.29) is 12.5 Å². The standard InChI is InChI=1S/C19H24N4O2/c1-22(2)18(24)13-20-19(25)21-16-11-7-8-12-17(16)23(3)14-15-9-5-4-6-10-15/h4-12H,13-14H2,1-3H3,(H2,20,21,25). The third-order valence-corrected chi connectivity index (χ3v) is 3.73. The van der Waals surface area contributed by atoms with E-state index in [4.69, 9.17) is 0 Å². The lowest BCUT2D eigenvalue weighted by Gasteiger charge is -2.23. The lowest BCUT2D eigenvalue weighted by Crippen LogP contribution is -2.38. The Morgan fingerprint density at radius 1 is 0.920 bits per heavy atom. The molecule has 0 aromatic heterocycles. The number of amides is 3. The van der Waals surface area contributed by atoms with E-state index < -0.39 is 6.03 Å². The summed E-state index contributed by atoms with van der Waals surface area (Å²) >= 11 is 0. The van der Waals surface area contributed by atoms with Gasteiger partial charge < -0.3 is 20.4 Å². The topological polar surface area (TPSA) is 64.7 Å². The van der Waals surface area contributed by atoms with Gasteiger partial charge in [-0.3, -0.25) is 4.79 Å². The lowest BCUT2D eigenvalue weighted by molar-refractivity contribution is -0.127. The first kappa shape index (κ1) is 18.3. The van der Waals surface area contributed by atoms with E-state index in [0.717, 1.165) is 12.2 Å². The molecule has 0 fully saturated rings. The molecule has 6 heteroatoms. The van der Waals surface area contributed by atoms with Crippen molar-refractivity contribution in [2.45, 2.75) is 6.54 Å². The van der Waals surface area contributed by atoms with Crippen molar-refractivity contribution >= 4 is 23.3 Å². The third-order valence-electron chi connectivity index (χ3n) is 3.73. The van der Waals surface area contributed by atoms with Crippen LogP contribution < -0.4 is 15.5 Å². The van der Waals surface area contributed by atoms with Gasteiger partial charge in [0.05, 0.1) is 17.9 Å². The number of hydrogen-bond donors (Lipinski definition) is 2. The van der Waals surface area contributed by atoms with Crippen molar-refractivity contribution in [1.29, 1.82) is 0 Å². The number of benzene rings is 2. The highest BCUT2D eigenvalue weighted by Crippen LogP contribution is 2.25. The molecule has 0 radical (unpaired) electrons. The minimum Gasteiger partial charge on any atom is -0.369 e. The number of hydrogen-bond acceptors (Lipinski definition) is 3. The molecule has 0 bridgehead atoms. The molecule has 0 spiro atoms. The average molecular weight is 340 g/mol. The van der Waals surface area contributed by atoms with Crippen LogP contribution in [0.5, 0.6) is 0 Å². The first-order valence-electron chi connectivity index (χ1n) is 8.06. The van der Waals surface area contributed by atoms with E-state index in [0.29, 0.717) is 5.69 Å². The molecule has 2 rings (SSSR count). The number of anilines is 2. The predicted octanol–water partition coefficient (Wildman–Crippen LogP) is 2.53. The molecule has 0 aliphatic rings. The van der Waals surface area contributed by atoms with Crippen molar-refractivity contribution in [2.75, 3.05) is 37.9 Å². The summed E-state index contributed by atoms with van der Waals surface area (Å²) in [5.74, 6) is -0.162. The SMILES string of the molecule is CN(C)C(=O)CNC(=O)Nc1ccccc1N(C)Cc1ccccc1. The summed E-state index contributed by atoms with van der Waals surface area (Å²) in [6, 6.07) is 17.3. The van der Waals surface area contributed by atoms with E-state index in [1.165, 1.54) is 10.5 Å². The Labute approximate surface area is 148 Å². The summed E-state index contributed by atoms with van der Waals surface area (Å²) in [4.78, 5) is 27.1. The predicted molar refractivity (Wildman–Crippen MR) is 101 cm³/mol. The minimum absolute atomic E-state index is 0.0408. The maximum Gasteiger partial charge on any atom is 0.319 e. The van der Waals surface area contributed by atoms with Crippen LogP contribution in [0.25, 0.3) is 0 Å². The zero-order valence-corrected chi connectivity index (χ0v) is 14.8. The molecular formula is C19H24N4O2. The van der Waals surface area contributed by atoms with Crippen LogP contribution in [0.2, 0.25) is 0 Å². The van der Waals surface area contributed by atoms with Gasteiger partial charge in [0.1, 0.15) is 0 Å². The smallest absolute Gasteiger partial charge is 0.319 e. The number of nitrogens with one attached hydrogen (secondary N) is 2. The molecule has 132 valence electrons. The Hall–Kier alpha value is -3.02. The quantitative estimate of drug-likeness (QED) is 0.849. The molecule has 2 N–H and O–H groups in total. The summed E-state index contributed by atoms with van der Waals surface area (Å²) in [5, 5.41) is 5.38. The number of para-hydroxylation sites is 2. The van der Waals surface area contributed by atoms with E-state index >= 15 is 0 Å². The van der Waals surface area contributed by atoms with E-state index in [2.05, 4.69) is 27.7 Å². The lowest BCUT2D eigenvalue weighted by atomic mass is 10.2. The molecule has 0 aliphatic heterocycles. The fourth-order valence-electron chi connectivity index (χ4n) is 2.34. The van der Waals surface area contributed by atoms with Gasteiger partial charge in [-0.25, -0.2) is 4.79 Å². The highest BCUT2D eigenvalue weighted by Gasteiger charge is 2.11. The molecule has 6 nitrogen and oxygen atoms in total. The summed E-state index contributed by atoms with van der Waals surface area (Å²) in [5.41, 5.74) is 2.78. The van der Waals surface area contributed by atoms with Crippen molar-refractivity contribution in [3.8, 4) is 0 Å². The molecule has 3 amide bonds. The fourth-order valence-corrected chi connectivity index (χ4v) is 2.34. The number of carbonyl (C=O) groups is 2. The minimum atomic E-state index is -0.407. The molecular weight excluding hydrogens is 316 g/mol. The van der Waals surface area contributed by atoms with Gasteiger partial charge in [-0.1, -0.05) is 42.5 Å². The van der Waals surface area contributed by atoms with Crippen LogP contribution in [0.15, 0.2) is 54.6 Å². The first-order valence-corrected chi connectivity index (χ1v) is 8.06. The monoisotopic (exact) mass is 340 g/mol. The Bertz CT molecular complexity index is 716. The maximum absolute atomic E-state index is 12.1. The summed E-state index contributed by atoms with van der Waals surface area (Å²) in [6.45, 7) is 0.682. The number of urea groups is 1. The Kier molecular flexibility index (Phi) is 6.39. The van der Waals surface area contributed by atoms with E-state index in [1.807, 2.05) is 49.5 Å². The summed E-state index contributed by atoms with van der Waals surface area (Å²) in [6.07, 6.45) is 0. The van der Waals surface area contributed by atoms with Crippen LogP contribution in [-0.4, -0.2) is 44.5 Å². The normalized spacial score (nSPS) is 10.0. The third kappa shape index (κ3) is 5.53. The Morgan fingerprint density at radius 2 is 1.56 bits per heavy atom. The van der Waals surface area contributed by atoms with E-state index in [9.17, 15) is 9.59 Å². The second-order valence-electron chi connectivity index (χ2n) is 5.95. The van der Waals surface area contributed by atoms with Crippen molar-refractivity contribution in [3.63, 3.8) is 0 Å². The van der Waals surface area contributed by atoms with Crippen molar-refractivity contribution in [2.24, 2.45) is 0 Å². The number of likely N-dealkylation sites (N-methyl/N-ethyl adjacent to an activating group) is 1. The highest BCUT2D eigenvalue weighted by molar-refractivity contribution is 5.95. The van der Waals surface area contributed by atoms with Crippen LogP contribution in [0.1, 0.15) is 5.56 Å². The molecule has 0 aliphatic carbocycles. The van der Waals surface area contributed by atoms with Crippen molar-refractivity contribution in [3.05, 3.63) is 60.2 Å². The number of carbonyl (C=O) groups excluding carboxylic acids is 2. The second kappa shape index (κ2) is 8.73. The van der Waals surface area contributed by atoms with Crippen LogP contribution in [0, 0.1) is 0 Å². The van der Waals surface area contributed by atoms with Gasteiger partial charge in [0.15, 0.2) is 0 Å². The van der Waals surface area contributed by atoms with Gasteiger partial charge in [-0.2, -0.15) is 0 Å². The number of rotatable bonds is 6. The van der Waals surface area contributed by atoms with Crippen LogP contribution in [0.4, 0.5) is 16.2 Å². The summed E-state index contributed by atoms with van der Waals surface area (Å²) < 4.78 is 0. The first-order chi connectivity index (χ1) is 12.0. The molecule has 2 aromatic carbocycles. The Morgan fingerprint density at radius 3 is 2.24 bits per heavy atom. The van der Waals surface area contributed by atoms with Crippen molar-refractivity contribution < 1.29 is 9.59 Å². The van der Waals surface area contributed by atoms with Crippen LogP contribution in [-0.2, 0) is 11.3 Å². The molecule has 0 saturated carbocycles. The van der Waals surface area contributed by atoms with Crippen LogP contribution in [0.3, 0.4) is 0 Å². The molecule has 25 heavy (non-hydrogen) atoms. The van der Waals surface area contributed by atoms with Gasteiger partial charge in [0.25, 0.3) is 0 Å². The summed E-state index contributed by atoms with van der Waals surface area (Å²) in [7, 11) is 5.27. The van der Waals surface area contributed by atoms with E-state index in [1.54, 1.807) is 14.1 Å². The zero-order chi connectivity index (χ0) is 18.2. The van der Waals surface area contributed by atoms with Crippen molar-refractivity contribution in [1.82, 2.24) is 10.2 Å². The number of nitrogens with zero attached hydrogens (tertiary/aromatic N) is 2. The molecule has 2 aromatic rings. The Balaban J connectivity index is 2.02. The van der Waals surface area contributed by atoms with Gasteiger partial charge >= 0.3 is 6.03 Å². The maximum atomic E-state index is 12.1. The van der Waals surface area contributed by atoms with Gasteiger partial charge in [0, 0.05) is 27.7 Å². The van der Waals surface area contributed by atoms with Gasteiger partial charge in [-0.15, -0.1) is 0 Å². The zero-order valence-electron chi connectivity index (χ0n) is 14.8. The van der Waals surface area contributed by atoms with Gasteiger partial charge in [0.2, 0.25) is 5.91 Å². The molecule has 0 heterocycles. The molecule has 0 atom stereocenters. The fraction of sp³-hybridized carbons (Fsp3) is 0.263. The highest BCUT2D eigenvalue weighted by atomic mass is 16.2. The largest absolute Gasteiger partial charge is 0.369 e. The second-order valence-corrected chi connectivity index (χ2v) is 5.95. The average Bonchev–Trinajstić information content (AvgIpc) is 2.60. The van der Waals surface area contributed by atoms with Gasteiger partial charge in [-0.05, 0) is 17.7 Å². The molecule has 0 saturated heterocycles. The van der Waals surface area contributed by atoms with Crippen LogP contribution >= 0.6 is 0 Å². The molecule has 0 unspecified atom stereocenters.